The van der Waals surface area contributed by atoms with Gasteiger partial charge in [0.05, 0.1) is 0 Å². The number of halogens is 1. The van der Waals surface area contributed by atoms with Gasteiger partial charge in [0, 0.05) is 16.4 Å². The zero-order chi connectivity index (χ0) is 14.5. The van der Waals surface area contributed by atoms with E-state index >= 15 is 0 Å². The number of benzene rings is 2. The van der Waals surface area contributed by atoms with E-state index < -0.39 is 13.1 Å². The topological polar surface area (TPSA) is 81.6 Å². The van der Waals surface area contributed by atoms with Crippen LogP contribution in [-0.2, 0) is 0 Å². The molecule has 0 unspecified atom stereocenters. The number of hydrogen-bond donors (Lipinski definition) is 4. The van der Waals surface area contributed by atoms with Gasteiger partial charge >= 0.3 is 13.1 Å². The van der Waals surface area contributed by atoms with Crippen LogP contribution in [-0.4, -0.2) is 23.2 Å². The summed E-state index contributed by atoms with van der Waals surface area (Å²) >= 11 is 5.82. The van der Waals surface area contributed by atoms with Gasteiger partial charge in [-0.05, 0) is 35.8 Å². The molecule has 0 aromatic heterocycles. The summed E-state index contributed by atoms with van der Waals surface area (Å²) in [6.45, 7) is 0. The molecule has 2 rings (SSSR count). The Hall–Kier alpha value is -2.02. The maximum atomic E-state index is 11.8. The van der Waals surface area contributed by atoms with E-state index in [0.29, 0.717) is 21.9 Å². The first-order chi connectivity index (χ1) is 9.54. The molecule has 2 aromatic carbocycles. The first kappa shape index (κ1) is 14.4. The number of rotatable bonds is 3. The fourth-order valence-electron chi connectivity index (χ4n) is 1.64. The van der Waals surface area contributed by atoms with Gasteiger partial charge in [-0.15, -0.1) is 0 Å². The van der Waals surface area contributed by atoms with Crippen molar-refractivity contribution in [2.75, 3.05) is 10.6 Å². The van der Waals surface area contributed by atoms with Crippen molar-refractivity contribution in [3.63, 3.8) is 0 Å². The minimum Gasteiger partial charge on any atom is -0.423 e. The molecule has 20 heavy (non-hydrogen) atoms. The Morgan fingerprint density at radius 2 is 1.60 bits per heavy atom. The molecule has 0 saturated carbocycles. The predicted octanol–water partition coefficient (Wildman–Crippen LogP) is 1.66. The Labute approximate surface area is 121 Å². The molecular weight excluding hydrogens is 278 g/mol. The number of hydrogen-bond acceptors (Lipinski definition) is 3. The second kappa shape index (κ2) is 6.43. The lowest BCUT2D eigenvalue weighted by Gasteiger charge is -2.09. The zero-order valence-electron chi connectivity index (χ0n) is 10.4. The lowest BCUT2D eigenvalue weighted by molar-refractivity contribution is 0.262. The Morgan fingerprint density at radius 1 is 1.00 bits per heavy atom. The highest BCUT2D eigenvalue weighted by molar-refractivity contribution is 6.58. The summed E-state index contributed by atoms with van der Waals surface area (Å²) in [5.74, 6) is 0. The lowest BCUT2D eigenvalue weighted by Crippen LogP contribution is -2.30. The molecule has 2 amide bonds. The normalized spacial score (nSPS) is 9.95. The molecular formula is C13H12BClN2O3. The number of carbonyl (C=O) groups excluding carboxylic acids is 1. The van der Waals surface area contributed by atoms with Crippen molar-refractivity contribution < 1.29 is 14.8 Å². The average molecular weight is 291 g/mol. The molecule has 102 valence electrons. The standard InChI is InChI=1S/C13H12BClN2O3/c15-10-4-2-6-12(8-10)17-13(18)16-11-5-1-3-9(7-11)14(19)20/h1-8,19-20H,(H2,16,17,18). The Bertz CT molecular complexity index is 622. The number of urea groups is 1. The summed E-state index contributed by atoms with van der Waals surface area (Å²) in [5.41, 5.74) is 1.31. The van der Waals surface area contributed by atoms with Gasteiger partial charge in [-0.2, -0.15) is 0 Å². The molecule has 0 aliphatic carbocycles. The van der Waals surface area contributed by atoms with E-state index in [-0.39, 0.29) is 0 Å². The third kappa shape index (κ3) is 3.99. The van der Waals surface area contributed by atoms with Crippen molar-refractivity contribution in [3.05, 3.63) is 53.6 Å². The highest BCUT2D eigenvalue weighted by Crippen LogP contribution is 2.15. The molecule has 0 spiro atoms. The van der Waals surface area contributed by atoms with Gasteiger partial charge in [-0.1, -0.05) is 29.8 Å². The van der Waals surface area contributed by atoms with Crippen molar-refractivity contribution >= 4 is 41.6 Å². The molecule has 4 N–H and O–H groups in total. The minimum atomic E-state index is -1.58. The lowest BCUT2D eigenvalue weighted by atomic mass is 9.80. The van der Waals surface area contributed by atoms with Crippen molar-refractivity contribution in [2.24, 2.45) is 0 Å². The van der Waals surface area contributed by atoms with E-state index in [1.54, 1.807) is 42.5 Å². The van der Waals surface area contributed by atoms with Gasteiger partial charge in [-0.3, -0.25) is 0 Å². The molecule has 0 bridgehead atoms. The van der Waals surface area contributed by atoms with Crippen LogP contribution in [0.1, 0.15) is 0 Å². The number of nitrogens with one attached hydrogen (secondary N) is 2. The molecule has 0 heterocycles. The first-order valence-electron chi connectivity index (χ1n) is 5.84. The van der Waals surface area contributed by atoms with Crippen LogP contribution in [0.15, 0.2) is 48.5 Å². The Morgan fingerprint density at radius 3 is 2.20 bits per heavy atom. The molecule has 0 aliphatic heterocycles. The Balaban J connectivity index is 2.03. The van der Waals surface area contributed by atoms with E-state index in [4.69, 9.17) is 21.6 Å². The average Bonchev–Trinajstić information content (AvgIpc) is 2.38. The SMILES string of the molecule is O=C(Nc1cccc(Cl)c1)Nc1cccc(B(O)O)c1. The molecule has 2 aromatic rings. The predicted molar refractivity (Wildman–Crippen MR) is 80.4 cm³/mol. The van der Waals surface area contributed by atoms with Crippen molar-refractivity contribution in [1.82, 2.24) is 0 Å². The van der Waals surface area contributed by atoms with Crippen LogP contribution in [0.3, 0.4) is 0 Å². The maximum Gasteiger partial charge on any atom is 0.488 e. The molecule has 0 atom stereocenters. The third-order valence-electron chi connectivity index (χ3n) is 2.53. The van der Waals surface area contributed by atoms with Gasteiger partial charge in [0.15, 0.2) is 0 Å². The summed E-state index contributed by atoms with van der Waals surface area (Å²) in [7, 11) is -1.58. The molecule has 0 aliphatic rings. The van der Waals surface area contributed by atoms with Gasteiger partial charge in [0.1, 0.15) is 0 Å². The van der Waals surface area contributed by atoms with Crippen LogP contribution < -0.4 is 16.1 Å². The summed E-state index contributed by atoms with van der Waals surface area (Å²) in [5, 5.41) is 23.9. The summed E-state index contributed by atoms with van der Waals surface area (Å²) in [4.78, 5) is 11.8. The second-order valence-corrected chi connectivity index (χ2v) is 4.53. The second-order valence-electron chi connectivity index (χ2n) is 4.09. The van der Waals surface area contributed by atoms with Gasteiger partial charge in [0.25, 0.3) is 0 Å². The van der Waals surface area contributed by atoms with E-state index in [9.17, 15) is 4.79 Å². The quantitative estimate of drug-likeness (QED) is 0.649. The van der Waals surface area contributed by atoms with Crippen LogP contribution >= 0.6 is 11.6 Å². The van der Waals surface area contributed by atoms with Gasteiger partial charge in [-0.25, -0.2) is 4.79 Å². The monoisotopic (exact) mass is 290 g/mol. The fraction of sp³-hybridized carbons (Fsp3) is 0. The largest absolute Gasteiger partial charge is 0.488 e. The van der Waals surface area contributed by atoms with Crippen molar-refractivity contribution in [3.8, 4) is 0 Å². The number of amides is 2. The van der Waals surface area contributed by atoms with Crippen LogP contribution in [0.5, 0.6) is 0 Å². The highest BCUT2D eigenvalue weighted by atomic mass is 35.5. The van der Waals surface area contributed by atoms with Crippen molar-refractivity contribution in [2.45, 2.75) is 0 Å². The zero-order valence-corrected chi connectivity index (χ0v) is 11.1. The van der Waals surface area contributed by atoms with E-state index in [2.05, 4.69) is 10.6 Å². The van der Waals surface area contributed by atoms with Gasteiger partial charge in [0.2, 0.25) is 0 Å². The third-order valence-corrected chi connectivity index (χ3v) is 2.76. The molecule has 5 nitrogen and oxygen atoms in total. The number of anilines is 2. The first-order valence-corrected chi connectivity index (χ1v) is 6.22. The van der Waals surface area contributed by atoms with Gasteiger partial charge < -0.3 is 20.7 Å². The smallest absolute Gasteiger partial charge is 0.423 e. The molecule has 0 fully saturated rings. The maximum absolute atomic E-state index is 11.8. The number of carbonyl (C=O) groups is 1. The molecule has 0 saturated heterocycles. The summed E-state index contributed by atoms with van der Waals surface area (Å²) < 4.78 is 0. The van der Waals surface area contributed by atoms with Crippen LogP contribution in [0, 0.1) is 0 Å². The minimum absolute atomic E-state index is 0.297. The van der Waals surface area contributed by atoms with E-state index in [0.717, 1.165) is 0 Å². The summed E-state index contributed by atoms with van der Waals surface area (Å²) in [6.07, 6.45) is 0. The Kier molecular flexibility index (Phi) is 4.63. The van der Waals surface area contributed by atoms with Crippen LogP contribution in [0.4, 0.5) is 16.2 Å². The summed E-state index contributed by atoms with van der Waals surface area (Å²) in [6, 6.07) is 12.6. The van der Waals surface area contributed by atoms with Crippen molar-refractivity contribution in [1.29, 1.82) is 0 Å². The van der Waals surface area contributed by atoms with Crippen LogP contribution in [0.25, 0.3) is 0 Å². The van der Waals surface area contributed by atoms with E-state index in [1.165, 1.54) is 6.07 Å². The molecule has 0 radical (unpaired) electrons. The van der Waals surface area contributed by atoms with Crippen LogP contribution in [0.2, 0.25) is 5.02 Å². The molecule has 7 heteroatoms. The fourth-order valence-corrected chi connectivity index (χ4v) is 1.83. The van der Waals surface area contributed by atoms with E-state index in [1.807, 2.05) is 0 Å². The highest BCUT2D eigenvalue weighted by Gasteiger charge is 2.11.